The van der Waals surface area contributed by atoms with E-state index in [1.165, 1.54) is 6.20 Å². The number of hydrogen-bond acceptors (Lipinski definition) is 4. The molecule has 1 fully saturated rings. The van der Waals surface area contributed by atoms with Gasteiger partial charge in [0.05, 0.1) is 17.1 Å². The first-order valence-corrected chi connectivity index (χ1v) is 6.95. The summed E-state index contributed by atoms with van der Waals surface area (Å²) >= 11 is 5.95. The molecule has 0 unspecified atom stereocenters. The van der Waals surface area contributed by atoms with Crippen molar-refractivity contribution in [1.29, 1.82) is 0 Å². The van der Waals surface area contributed by atoms with Crippen molar-refractivity contribution < 1.29 is 9.59 Å². The number of hydrogen-bond donors (Lipinski definition) is 3. The molecule has 0 bridgehead atoms. The summed E-state index contributed by atoms with van der Waals surface area (Å²) in [5.41, 5.74) is 0.303. The first-order valence-electron chi connectivity index (χ1n) is 6.57. The molecule has 0 radical (unpaired) electrons. The second kappa shape index (κ2) is 6.56. The van der Waals surface area contributed by atoms with Crippen LogP contribution >= 0.6 is 11.6 Å². The van der Waals surface area contributed by atoms with Crippen LogP contribution in [0.2, 0.25) is 5.02 Å². The van der Waals surface area contributed by atoms with Gasteiger partial charge in [-0.3, -0.25) is 9.59 Å². The number of nitrogens with one attached hydrogen (secondary N) is 3. The van der Waals surface area contributed by atoms with E-state index in [0.29, 0.717) is 17.9 Å². The van der Waals surface area contributed by atoms with Gasteiger partial charge >= 0.3 is 0 Å². The molecule has 6 nitrogen and oxygen atoms in total. The minimum absolute atomic E-state index is 0.0511. The van der Waals surface area contributed by atoms with E-state index in [-0.39, 0.29) is 29.4 Å². The molecule has 1 aromatic heterocycles. The Morgan fingerprint density at radius 3 is 2.85 bits per heavy atom. The van der Waals surface area contributed by atoms with Crippen LogP contribution < -0.4 is 16.0 Å². The Morgan fingerprint density at radius 2 is 2.20 bits per heavy atom. The standard InChI is InChI=1S/C13H17ClN4O2/c1-2-15-11-5-9(10(14)6-16-11)13(20)17-7-12(19)18-8-3-4-8/h5-6,8H,2-4,7H2,1H3,(H,15,16)(H,17,20)(H,18,19). The molecule has 108 valence electrons. The number of rotatable bonds is 6. The molecule has 1 heterocycles. The molecule has 0 spiro atoms. The van der Waals surface area contributed by atoms with E-state index in [0.717, 1.165) is 12.8 Å². The van der Waals surface area contributed by atoms with Crippen molar-refractivity contribution in [3.63, 3.8) is 0 Å². The number of carbonyl (C=O) groups is 2. The number of aromatic nitrogens is 1. The lowest BCUT2D eigenvalue weighted by molar-refractivity contribution is -0.120. The molecule has 0 atom stereocenters. The molecule has 0 aliphatic heterocycles. The summed E-state index contributed by atoms with van der Waals surface area (Å²) in [5, 5.41) is 8.60. The van der Waals surface area contributed by atoms with Crippen LogP contribution in [0.4, 0.5) is 5.82 Å². The van der Waals surface area contributed by atoms with E-state index in [4.69, 9.17) is 11.6 Å². The average molecular weight is 297 g/mol. The van der Waals surface area contributed by atoms with Crippen molar-refractivity contribution >= 4 is 29.2 Å². The van der Waals surface area contributed by atoms with Crippen LogP contribution in [-0.4, -0.2) is 35.9 Å². The van der Waals surface area contributed by atoms with Gasteiger partial charge in [-0.05, 0) is 25.8 Å². The van der Waals surface area contributed by atoms with Gasteiger partial charge in [-0.2, -0.15) is 0 Å². The first-order chi connectivity index (χ1) is 9.60. The molecule has 1 aliphatic carbocycles. The lowest BCUT2D eigenvalue weighted by atomic mass is 10.2. The van der Waals surface area contributed by atoms with Gasteiger partial charge in [0, 0.05) is 18.8 Å². The molecule has 2 amide bonds. The minimum atomic E-state index is -0.387. The highest BCUT2D eigenvalue weighted by atomic mass is 35.5. The molecular weight excluding hydrogens is 280 g/mol. The number of amides is 2. The van der Waals surface area contributed by atoms with Crippen LogP contribution in [-0.2, 0) is 4.79 Å². The van der Waals surface area contributed by atoms with Crippen molar-refractivity contribution in [2.75, 3.05) is 18.4 Å². The van der Waals surface area contributed by atoms with Gasteiger partial charge in [-0.15, -0.1) is 0 Å². The van der Waals surface area contributed by atoms with Crippen LogP contribution in [0, 0.1) is 0 Å². The predicted octanol–water partition coefficient (Wildman–Crippen LogP) is 1.18. The smallest absolute Gasteiger partial charge is 0.253 e. The highest BCUT2D eigenvalue weighted by Crippen LogP contribution is 2.19. The third-order valence-electron chi connectivity index (χ3n) is 2.81. The van der Waals surface area contributed by atoms with Gasteiger partial charge in [0.25, 0.3) is 5.91 Å². The summed E-state index contributed by atoms with van der Waals surface area (Å²) < 4.78 is 0. The van der Waals surface area contributed by atoms with Gasteiger partial charge in [0.15, 0.2) is 0 Å². The van der Waals surface area contributed by atoms with E-state index in [9.17, 15) is 9.59 Å². The van der Waals surface area contributed by atoms with Crippen molar-refractivity contribution in [3.8, 4) is 0 Å². The summed E-state index contributed by atoms with van der Waals surface area (Å²) in [6, 6.07) is 1.85. The predicted molar refractivity (Wildman–Crippen MR) is 76.9 cm³/mol. The fourth-order valence-electron chi connectivity index (χ4n) is 1.65. The molecule has 1 saturated carbocycles. The van der Waals surface area contributed by atoms with E-state index >= 15 is 0 Å². The van der Waals surface area contributed by atoms with Crippen LogP contribution in [0.5, 0.6) is 0 Å². The topological polar surface area (TPSA) is 83.1 Å². The zero-order chi connectivity index (χ0) is 14.5. The highest BCUT2D eigenvalue weighted by molar-refractivity contribution is 6.33. The Balaban J connectivity index is 1.93. The zero-order valence-electron chi connectivity index (χ0n) is 11.2. The molecule has 0 aromatic carbocycles. The lowest BCUT2D eigenvalue weighted by Gasteiger charge is -2.09. The fraction of sp³-hybridized carbons (Fsp3) is 0.462. The average Bonchev–Trinajstić information content (AvgIpc) is 3.22. The highest BCUT2D eigenvalue weighted by Gasteiger charge is 2.23. The van der Waals surface area contributed by atoms with Gasteiger partial charge in [-0.25, -0.2) is 4.98 Å². The third kappa shape index (κ3) is 4.09. The molecule has 20 heavy (non-hydrogen) atoms. The van der Waals surface area contributed by atoms with Crippen molar-refractivity contribution in [3.05, 3.63) is 22.8 Å². The number of pyridine rings is 1. The number of nitrogens with zero attached hydrogens (tertiary/aromatic N) is 1. The largest absolute Gasteiger partial charge is 0.370 e. The second-order valence-corrected chi connectivity index (χ2v) is 5.01. The Hall–Kier alpha value is -1.82. The summed E-state index contributed by atoms with van der Waals surface area (Å²) in [7, 11) is 0. The quantitative estimate of drug-likeness (QED) is 0.736. The van der Waals surface area contributed by atoms with Gasteiger partial charge < -0.3 is 16.0 Å². The maximum atomic E-state index is 12.0. The Kier molecular flexibility index (Phi) is 4.79. The Morgan fingerprint density at radius 1 is 1.45 bits per heavy atom. The molecule has 2 rings (SSSR count). The van der Waals surface area contributed by atoms with E-state index in [1.807, 2.05) is 6.92 Å². The molecular formula is C13H17ClN4O2. The van der Waals surface area contributed by atoms with Gasteiger partial charge in [0.1, 0.15) is 5.82 Å². The molecule has 1 aromatic rings. The van der Waals surface area contributed by atoms with Gasteiger partial charge in [0.2, 0.25) is 5.91 Å². The summed E-state index contributed by atoms with van der Waals surface area (Å²) in [6.07, 6.45) is 3.45. The maximum absolute atomic E-state index is 12.0. The number of halogens is 1. The monoisotopic (exact) mass is 296 g/mol. The van der Waals surface area contributed by atoms with Crippen LogP contribution in [0.25, 0.3) is 0 Å². The normalized spacial score (nSPS) is 13.7. The number of anilines is 1. The van der Waals surface area contributed by atoms with E-state index < -0.39 is 0 Å². The number of carbonyl (C=O) groups excluding carboxylic acids is 2. The minimum Gasteiger partial charge on any atom is -0.370 e. The summed E-state index contributed by atoms with van der Waals surface area (Å²) in [6.45, 7) is 2.57. The van der Waals surface area contributed by atoms with Crippen LogP contribution in [0.1, 0.15) is 30.1 Å². The molecule has 0 saturated heterocycles. The lowest BCUT2D eigenvalue weighted by Crippen LogP contribution is -2.37. The van der Waals surface area contributed by atoms with Crippen molar-refractivity contribution in [2.45, 2.75) is 25.8 Å². The molecule has 3 N–H and O–H groups in total. The maximum Gasteiger partial charge on any atom is 0.253 e. The first kappa shape index (κ1) is 14.6. The molecule has 1 aliphatic rings. The Bertz CT molecular complexity index is 517. The SMILES string of the molecule is CCNc1cc(C(=O)NCC(=O)NC2CC2)c(Cl)cn1. The van der Waals surface area contributed by atoms with Crippen LogP contribution in [0.3, 0.4) is 0 Å². The van der Waals surface area contributed by atoms with Crippen molar-refractivity contribution in [2.24, 2.45) is 0 Å². The second-order valence-electron chi connectivity index (χ2n) is 4.60. The fourth-order valence-corrected chi connectivity index (χ4v) is 1.84. The van der Waals surface area contributed by atoms with Crippen molar-refractivity contribution in [1.82, 2.24) is 15.6 Å². The van der Waals surface area contributed by atoms with E-state index in [2.05, 4.69) is 20.9 Å². The van der Waals surface area contributed by atoms with E-state index in [1.54, 1.807) is 6.07 Å². The third-order valence-corrected chi connectivity index (χ3v) is 3.11. The Labute approximate surface area is 122 Å². The summed E-state index contributed by atoms with van der Waals surface area (Å²) in [5.74, 6) is 0.00455. The van der Waals surface area contributed by atoms with Crippen LogP contribution in [0.15, 0.2) is 12.3 Å². The zero-order valence-corrected chi connectivity index (χ0v) is 12.0. The summed E-state index contributed by atoms with van der Waals surface area (Å²) in [4.78, 5) is 27.5. The van der Waals surface area contributed by atoms with Gasteiger partial charge in [-0.1, -0.05) is 11.6 Å². The molecule has 7 heteroatoms.